The molecule has 20 heavy (non-hydrogen) atoms. The number of carbonyl (C=O) groups is 1. The van der Waals surface area contributed by atoms with Crippen molar-refractivity contribution in [3.8, 4) is 0 Å². The number of nitrogens with zero attached hydrogens (tertiary/aromatic N) is 1. The Morgan fingerprint density at radius 2 is 2.10 bits per heavy atom. The molecular weight excluding hydrogens is 324 g/mol. The lowest BCUT2D eigenvalue weighted by molar-refractivity contribution is 0.0525. The first kappa shape index (κ1) is 14.6. The number of esters is 1. The van der Waals surface area contributed by atoms with E-state index in [9.17, 15) is 9.59 Å². The van der Waals surface area contributed by atoms with Gasteiger partial charge in [0.1, 0.15) is 5.56 Å². The van der Waals surface area contributed by atoms with Crippen molar-refractivity contribution in [1.82, 2.24) is 4.57 Å². The third kappa shape index (κ3) is 2.20. The van der Waals surface area contributed by atoms with Crippen LogP contribution >= 0.6 is 15.9 Å². The van der Waals surface area contributed by atoms with E-state index in [2.05, 4.69) is 15.9 Å². The largest absolute Gasteiger partial charge is 0.462 e. The molecule has 2 rings (SSSR count). The average molecular weight is 339 g/mol. The van der Waals surface area contributed by atoms with Crippen molar-refractivity contribution in [2.45, 2.75) is 20.4 Å². The van der Waals surface area contributed by atoms with Gasteiger partial charge in [-0.1, -0.05) is 12.1 Å². The van der Waals surface area contributed by atoms with E-state index < -0.39 is 11.5 Å². The van der Waals surface area contributed by atoms with Crippen LogP contribution in [0, 0.1) is 0 Å². The van der Waals surface area contributed by atoms with Crippen molar-refractivity contribution in [1.29, 1.82) is 0 Å². The first-order valence-corrected chi connectivity index (χ1v) is 7.09. The van der Waals surface area contributed by atoms with Crippen molar-refractivity contribution in [3.63, 3.8) is 0 Å². The van der Waals surface area contributed by atoms with Crippen LogP contribution in [0.4, 0.5) is 5.69 Å². The maximum absolute atomic E-state index is 12.5. The van der Waals surface area contributed by atoms with Gasteiger partial charge in [-0.2, -0.15) is 0 Å². The Morgan fingerprint density at radius 1 is 1.40 bits per heavy atom. The van der Waals surface area contributed by atoms with E-state index in [1.807, 2.05) is 19.1 Å². The zero-order valence-electron chi connectivity index (χ0n) is 11.3. The van der Waals surface area contributed by atoms with E-state index in [1.165, 1.54) is 4.57 Å². The average Bonchev–Trinajstić information content (AvgIpc) is 2.41. The standard InChI is InChI=1S/C14H15BrN2O3/c1-3-17-12-8(6-5-7-9(12)15)11(16)10(13(17)18)14(19)20-4-2/h5-7H,3-4,16H2,1-2H3. The van der Waals surface area contributed by atoms with Gasteiger partial charge in [0.15, 0.2) is 0 Å². The third-order valence-corrected chi connectivity index (χ3v) is 3.71. The Hall–Kier alpha value is -1.82. The summed E-state index contributed by atoms with van der Waals surface area (Å²) in [7, 11) is 0. The number of carbonyl (C=O) groups excluding carboxylic acids is 1. The Bertz CT molecular complexity index is 737. The molecule has 6 heteroatoms. The van der Waals surface area contributed by atoms with E-state index in [0.29, 0.717) is 17.4 Å². The number of anilines is 1. The summed E-state index contributed by atoms with van der Waals surface area (Å²) < 4.78 is 7.20. The normalized spacial score (nSPS) is 10.8. The molecule has 2 N–H and O–H groups in total. The SMILES string of the molecule is CCOC(=O)c1c(N)c2cccc(Br)c2n(CC)c1=O. The van der Waals surface area contributed by atoms with Crippen LogP contribution in [-0.4, -0.2) is 17.1 Å². The molecule has 1 heterocycles. The van der Waals surface area contributed by atoms with E-state index >= 15 is 0 Å². The minimum absolute atomic E-state index is 0.0979. The van der Waals surface area contributed by atoms with Crippen LogP contribution in [0.15, 0.2) is 27.5 Å². The zero-order valence-corrected chi connectivity index (χ0v) is 12.9. The Balaban J connectivity index is 2.92. The quantitative estimate of drug-likeness (QED) is 0.872. The molecule has 106 valence electrons. The van der Waals surface area contributed by atoms with Gasteiger partial charge >= 0.3 is 5.97 Å². The number of para-hydroxylation sites is 1. The number of nitrogens with two attached hydrogens (primary N) is 1. The van der Waals surface area contributed by atoms with Gasteiger partial charge in [-0.3, -0.25) is 4.79 Å². The predicted molar refractivity (Wildman–Crippen MR) is 82.0 cm³/mol. The summed E-state index contributed by atoms with van der Waals surface area (Å²) in [5.41, 5.74) is 6.33. The molecule has 0 saturated carbocycles. The van der Waals surface area contributed by atoms with Crippen LogP contribution in [0.1, 0.15) is 24.2 Å². The van der Waals surface area contributed by atoms with Gasteiger partial charge in [0, 0.05) is 16.4 Å². The van der Waals surface area contributed by atoms with Crippen LogP contribution in [0.5, 0.6) is 0 Å². The van der Waals surface area contributed by atoms with Gasteiger partial charge in [0.05, 0.1) is 17.8 Å². The van der Waals surface area contributed by atoms with Crippen LogP contribution in [0.2, 0.25) is 0 Å². The number of nitrogen functional groups attached to an aromatic ring is 1. The Labute approximate surface area is 124 Å². The fourth-order valence-electron chi connectivity index (χ4n) is 2.20. The maximum atomic E-state index is 12.5. The molecule has 0 saturated heterocycles. The number of rotatable bonds is 3. The van der Waals surface area contributed by atoms with E-state index in [-0.39, 0.29) is 17.9 Å². The van der Waals surface area contributed by atoms with E-state index in [0.717, 1.165) is 4.47 Å². The lowest BCUT2D eigenvalue weighted by Gasteiger charge is -2.14. The highest BCUT2D eigenvalue weighted by Crippen LogP contribution is 2.28. The number of fused-ring (bicyclic) bond motifs is 1. The number of halogens is 1. The number of aromatic nitrogens is 1. The summed E-state index contributed by atoms with van der Waals surface area (Å²) in [5, 5.41) is 0.656. The lowest BCUT2D eigenvalue weighted by atomic mass is 10.1. The first-order valence-electron chi connectivity index (χ1n) is 6.30. The predicted octanol–water partition coefficient (Wildman–Crippen LogP) is 2.54. The van der Waals surface area contributed by atoms with Crippen LogP contribution in [0.3, 0.4) is 0 Å². The number of pyridine rings is 1. The first-order chi connectivity index (χ1) is 9.52. The highest BCUT2D eigenvalue weighted by molar-refractivity contribution is 9.10. The minimum atomic E-state index is -0.681. The summed E-state index contributed by atoms with van der Waals surface area (Å²) >= 11 is 3.42. The van der Waals surface area contributed by atoms with Crippen molar-refractivity contribution in [3.05, 3.63) is 38.6 Å². The van der Waals surface area contributed by atoms with Gasteiger partial charge in [-0.05, 0) is 35.8 Å². The minimum Gasteiger partial charge on any atom is -0.462 e. The molecule has 0 bridgehead atoms. The van der Waals surface area contributed by atoms with Gasteiger partial charge < -0.3 is 15.0 Å². The van der Waals surface area contributed by atoms with Crippen molar-refractivity contribution < 1.29 is 9.53 Å². The third-order valence-electron chi connectivity index (χ3n) is 3.07. The van der Waals surface area contributed by atoms with Crippen LogP contribution < -0.4 is 11.3 Å². The molecule has 0 spiro atoms. The molecule has 0 aliphatic carbocycles. The van der Waals surface area contributed by atoms with Gasteiger partial charge in [-0.25, -0.2) is 4.79 Å². The second-order valence-electron chi connectivity index (χ2n) is 4.19. The fourth-order valence-corrected chi connectivity index (χ4v) is 2.78. The number of ether oxygens (including phenoxy) is 1. The molecule has 0 atom stereocenters. The number of hydrogen-bond acceptors (Lipinski definition) is 4. The molecule has 0 aliphatic rings. The zero-order chi connectivity index (χ0) is 14.9. The molecule has 0 aliphatic heterocycles. The highest BCUT2D eigenvalue weighted by atomic mass is 79.9. The lowest BCUT2D eigenvalue weighted by Crippen LogP contribution is -2.29. The summed E-state index contributed by atoms with van der Waals surface area (Å²) in [6.07, 6.45) is 0. The van der Waals surface area contributed by atoms with Gasteiger partial charge in [0.2, 0.25) is 0 Å². The second kappa shape index (κ2) is 5.66. The van der Waals surface area contributed by atoms with Crippen molar-refractivity contribution in [2.24, 2.45) is 0 Å². The number of hydrogen-bond donors (Lipinski definition) is 1. The molecular formula is C14H15BrN2O3. The van der Waals surface area contributed by atoms with Crippen LogP contribution in [0.25, 0.3) is 10.9 Å². The maximum Gasteiger partial charge on any atom is 0.345 e. The molecule has 1 aromatic heterocycles. The fraction of sp³-hybridized carbons (Fsp3) is 0.286. The monoisotopic (exact) mass is 338 g/mol. The topological polar surface area (TPSA) is 74.3 Å². The molecule has 2 aromatic rings. The van der Waals surface area contributed by atoms with E-state index in [4.69, 9.17) is 10.5 Å². The van der Waals surface area contributed by atoms with Crippen molar-refractivity contribution >= 4 is 38.5 Å². The number of aryl methyl sites for hydroxylation is 1. The summed E-state index contributed by atoms with van der Waals surface area (Å²) in [6, 6.07) is 5.42. The summed E-state index contributed by atoms with van der Waals surface area (Å²) in [4.78, 5) is 24.4. The molecule has 0 amide bonds. The van der Waals surface area contributed by atoms with Crippen LogP contribution in [-0.2, 0) is 11.3 Å². The van der Waals surface area contributed by atoms with Gasteiger partial charge in [0.25, 0.3) is 5.56 Å². The Kier molecular flexibility index (Phi) is 4.13. The molecule has 5 nitrogen and oxygen atoms in total. The molecule has 0 radical (unpaired) electrons. The summed E-state index contributed by atoms with van der Waals surface area (Å²) in [5.74, 6) is -0.681. The van der Waals surface area contributed by atoms with E-state index in [1.54, 1.807) is 13.0 Å². The summed E-state index contributed by atoms with van der Waals surface area (Å²) in [6.45, 7) is 4.15. The highest BCUT2D eigenvalue weighted by Gasteiger charge is 2.22. The molecule has 1 aromatic carbocycles. The smallest absolute Gasteiger partial charge is 0.345 e. The Morgan fingerprint density at radius 3 is 2.70 bits per heavy atom. The molecule has 0 fully saturated rings. The molecule has 0 unspecified atom stereocenters. The number of benzene rings is 1. The van der Waals surface area contributed by atoms with Gasteiger partial charge in [-0.15, -0.1) is 0 Å². The van der Waals surface area contributed by atoms with Crippen molar-refractivity contribution in [2.75, 3.05) is 12.3 Å². The second-order valence-corrected chi connectivity index (χ2v) is 5.05.